The zero-order chi connectivity index (χ0) is 22.3. The van der Waals surface area contributed by atoms with Crippen molar-refractivity contribution in [2.45, 2.75) is 11.8 Å². The molecule has 0 spiro atoms. The fraction of sp³-hybridized carbons (Fsp3) is 0.259. The Hall–Kier alpha value is -2.89. The fourth-order valence-electron chi connectivity index (χ4n) is 5.45. The van der Waals surface area contributed by atoms with Gasteiger partial charge in [0.15, 0.2) is 0 Å². The molecule has 0 radical (unpaired) electrons. The molecule has 1 fully saturated rings. The van der Waals surface area contributed by atoms with Gasteiger partial charge in [0.2, 0.25) is 10.0 Å². The monoisotopic (exact) mass is 445 g/mol. The molecule has 0 saturated carbocycles. The normalized spacial score (nSPS) is 23.1. The van der Waals surface area contributed by atoms with Gasteiger partial charge in [0.05, 0.1) is 13.4 Å². The van der Waals surface area contributed by atoms with E-state index in [4.69, 9.17) is 4.74 Å². The molecule has 1 aliphatic heterocycles. The number of methoxy groups -OCH3 is 1. The third-order valence-corrected chi connectivity index (χ3v) is 8.28. The molecule has 0 aromatic heterocycles. The minimum absolute atomic E-state index is 0.0180. The van der Waals surface area contributed by atoms with Crippen LogP contribution in [0.2, 0.25) is 0 Å². The topological polar surface area (TPSA) is 46.6 Å². The van der Waals surface area contributed by atoms with Crippen molar-refractivity contribution in [2.24, 2.45) is 5.92 Å². The van der Waals surface area contributed by atoms with Crippen molar-refractivity contribution in [3.05, 3.63) is 107 Å². The van der Waals surface area contributed by atoms with E-state index in [0.29, 0.717) is 13.1 Å². The molecule has 0 N–H and O–H groups in total. The summed E-state index contributed by atoms with van der Waals surface area (Å²) in [7, 11) is -1.60. The molecule has 0 bridgehead atoms. The van der Waals surface area contributed by atoms with E-state index in [2.05, 4.69) is 54.6 Å². The first-order valence-corrected chi connectivity index (χ1v) is 12.7. The van der Waals surface area contributed by atoms with E-state index in [1.165, 1.54) is 28.5 Å². The molecule has 4 nitrogen and oxygen atoms in total. The lowest BCUT2D eigenvalue weighted by Gasteiger charge is -2.50. The van der Waals surface area contributed by atoms with Gasteiger partial charge in [-0.2, -0.15) is 0 Å². The molecule has 2 atom stereocenters. The average molecular weight is 446 g/mol. The Morgan fingerprint density at radius 2 is 1.62 bits per heavy atom. The Morgan fingerprint density at radius 1 is 0.938 bits per heavy atom. The van der Waals surface area contributed by atoms with Gasteiger partial charge in [-0.05, 0) is 46.4 Å². The standard InChI is InChI=1S/C27H27NO3S/c1-31-23-14-12-21(13-15-23)27-16-17-28(32(2,29)30)19-22(27)18-25(20-8-4-3-5-9-20)24-10-6-7-11-26(24)27/h3-15,18,22H,16-17,19H2,1-2H3/t22-,27-/m1/s1. The summed E-state index contributed by atoms with van der Waals surface area (Å²) in [6, 6.07) is 27.2. The molecule has 1 saturated heterocycles. The maximum atomic E-state index is 12.5. The van der Waals surface area contributed by atoms with Crippen LogP contribution < -0.4 is 4.74 Å². The lowest BCUT2D eigenvalue weighted by Crippen LogP contribution is -2.52. The number of sulfonamides is 1. The highest BCUT2D eigenvalue weighted by molar-refractivity contribution is 7.88. The van der Waals surface area contributed by atoms with Crippen LogP contribution in [0.15, 0.2) is 84.9 Å². The summed E-state index contributed by atoms with van der Waals surface area (Å²) in [4.78, 5) is 0. The number of ether oxygens (including phenoxy) is 1. The molecule has 3 aromatic carbocycles. The van der Waals surface area contributed by atoms with Crippen molar-refractivity contribution < 1.29 is 13.2 Å². The van der Waals surface area contributed by atoms with Gasteiger partial charge in [-0.3, -0.25) is 0 Å². The first kappa shape index (κ1) is 21.0. The summed E-state index contributed by atoms with van der Waals surface area (Å²) < 4.78 is 32.0. The molecule has 0 unspecified atom stereocenters. The second-order valence-electron chi connectivity index (χ2n) is 8.67. The minimum atomic E-state index is -3.27. The predicted octanol–water partition coefficient (Wildman–Crippen LogP) is 4.71. The van der Waals surface area contributed by atoms with Gasteiger partial charge >= 0.3 is 0 Å². The first-order chi connectivity index (χ1) is 15.4. The van der Waals surface area contributed by atoms with Gasteiger partial charge in [0.25, 0.3) is 0 Å². The van der Waals surface area contributed by atoms with E-state index in [1.807, 2.05) is 30.3 Å². The van der Waals surface area contributed by atoms with Crippen LogP contribution in [0.25, 0.3) is 5.57 Å². The third-order valence-electron chi connectivity index (χ3n) is 7.01. The minimum Gasteiger partial charge on any atom is -0.497 e. The smallest absolute Gasteiger partial charge is 0.211 e. The summed E-state index contributed by atoms with van der Waals surface area (Å²) in [6.07, 6.45) is 4.35. The van der Waals surface area contributed by atoms with E-state index in [9.17, 15) is 8.42 Å². The van der Waals surface area contributed by atoms with E-state index in [1.54, 1.807) is 11.4 Å². The highest BCUT2D eigenvalue weighted by atomic mass is 32.2. The maximum absolute atomic E-state index is 12.5. The van der Waals surface area contributed by atoms with Gasteiger partial charge in [-0.15, -0.1) is 0 Å². The molecule has 1 heterocycles. The lowest BCUT2D eigenvalue weighted by atomic mass is 9.57. The molecular formula is C27H27NO3S. The second-order valence-corrected chi connectivity index (χ2v) is 10.7. The summed E-state index contributed by atoms with van der Waals surface area (Å²) in [5.41, 5.74) is 5.73. The number of hydrogen-bond acceptors (Lipinski definition) is 3. The van der Waals surface area contributed by atoms with Crippen molar-refractivity contribution in [2.75, 3.05) is 26.5 Å². The molecule has 5 rings (SSSR count). The van der Waals surface area contributed by atoms with Crippen molar-refractivity contribution >= 4 is 15.6 Å². The van der Waals surface area contributed by atoms with Crippen molar-refractivity contribution in [1.29, 1.82) is 0 Å². The van der Waals surface area contributed by atoms with E-state index in [0.717, 1.165) is 17.7 Å². The van der Waals surface area contributed by atoms with Gasteiger partial charge in [0.1, 0.15) is 5.75 Å². The Balaban J connectivity index is 1.74. The number of benzene rings is 3. The van der Waals surface area contributed by atoms with Crippen LogP contribution in [0.3, 0.4) is 0 Å². The van der Waals surface area contributed by atoms with Crippen LogP contribution in [0.1, 0.15) is 28.7 Å². The molecule has 2 aliphatic rings. The maximum Gasteiger partial charge on any atom is 0.211 e. The summed E-state index contributed by atoms with van der Waals surface area (Å²) >= 11 is 0. The Morgan fingerprint density at radius 3 is 2.31 bits per heavy atom. The van der Waals surface area contributed by atoms with Gasteiger partial charge < -0.3 is 4.74 Å². The summed E-state index contributed by atoms with van der Waals surface area (Å²) in [5, 5.41) is 0. The average Bonchev–Trinajstić information content (AvgIpc) is 2.83. The molecule has 32 heavy (non-hydrogen) atoms. The Bertz CT molecular complexity index is 1270. The lowest BCUT2D eigenvalue weighted by molar-refractivity contribution is 0.209. The van der Waals surface area contributed by atoms with Crippen LogP contribution in [0, 0.1) is 5.92 Å². The Labute approximate surface area is 190 Å². The predicted molar refractivity (Wildman–Crippen MR) is 128 cm³/mol. The zero-order valence-electron chi connectivity index (χ0n) is 18.4. The third kappa shape index (κ3) is 3.37. The number of nitrogens with zero attached hydrogens (tertiary/aromatic N) is 1. The van der Waals surface area contributed by atoms with Crippen molar-refractivity contribution in [1.82, 2.24) is 4.31 Å². The first-order valence-electron chi connectivity index (χ1n) is 10.9. The summed E-state index contributed by atoms with van der Waals surface area (Å²) in [5.74, 6) is 0.837. The number of piperidine rings is 1. The van der Waals surface area contributed by atoms with Gasteiger partial charge in [-0.25, -0.2) is 12.7 Å². The summed E-state index contributed by atoms with van der Waals surface area (Å²) in [6.45, 7) is 0.972. The van der Waals surface area contributed by atoms with Gasteiger partial charge in [-0.1, -0.05) is 72.8 Å². The van der Waals surface area contributed by atoms with Crippen LogP contribution in [-0.4, -0.2) is 39.2 Å². The Kier molecular flexibility index (Phi) is 5.19. The molecular weight excluding hydrogens is 418 g/mol. The van der Waals surface area contributed by atoms with Crippen LogP contribution in [-0.2, 0) is 15.4 Å². The van der Waals surface area contributed by atoms with Gasteiger partial charge in [0, 0.05) is 24.4 Å². The molecule has 164 valence electrons. The SMILES string of the molecule is COc1ccc([C@]23CCN(S(C)(=O)=O)C[C@H]2C=C(c2ccccc2)c2ccccc23)cc1. The van der Waals surface area contributed by atoms with Crippen molar-refractivity contribution in [3.63, 3.8) is 0 Å². The number of hydrogen-bond donors (Lipinski definition) is 0. The quantitative estimate of drug-likeness (QED) is 0.584. The fourth-order valence-corrected chi connectivity index (χ4v) is 6.31. The van der Waals surface area contributed by atoms with Crippen molar-refractivity contribution in [3.8, 4) is 5.75 Å². The molecule has 5 heteroatoms. The zero-order valence-corrected chi connectivity index (χ0v) is 19.2. The molecule has 0 amide bonds. The number of fused-ring (bicyclic) bond motifs is 3. The highest BCUT2D eigenvalue weighted by Gasteiger charge is 2.49. The van der Waals surface area contributed by atoms with Crippen LogP contribution in [0.5, 0.6) is 5.75 Å². The second kappa shape index (κ2) is 7.91. The molecule has 3 aromatic rings. The highest BCUT2D eigenvalue weighted by Crippen LogP contribution is 2.53. The molecule has 1 aliphatic carbocycles. The van der Waals surface area contributed by atoms with E-state index >= 15 is 0 Å². The van der Waals surface area contributed by atoms with Crippen LogP contribution in [0.4, 0.5) is 0 Å². The van der Waals surface area contributed by atoms with E-state index in [-0.39, 0.29) is 11.3 Å². The largest absolute Gasteiger partial charge is 0.497 e. The number of rotatable bonds is 4. The van der Waals surface area contributed by atoms with Crippen LogP contribution >= 0.6 is 0 Å². The van der Waals surface area contributed by atoms with E-state index < -0.39 is 10.0 Å².